The van der Waals surface area contributed by atoms with Crippen LogP contribution in [0.1, 0.15) is 49.3 Å². The van der Waals surface area contributed by atoms with Gasteiger partial charge in [-0.1, -0.05) is 0 Å². The predicted molar refractivity (Wildman–Crippen MR) is 93.6 cm³/mol. The summed E-state index contributed by atoms with van der Waals surface area (Å²) in [5.74, 6) is 2.04. The first-order chi connectivity index (χ1) is 11.5. The Balaban J connectivity index is 2.04. The Bertz CT molecular complexity index is 639. The van der Waals surface area contributed by atoms with Gasteiger partial charge in [0, 0.05) is 12.1 Å². The molecule has 0 aliphatic rings. The molecular formula is C19H27NO4. The van der Waals surface area contributed by atoms with Crippen molar-refractivity contribution in [2.75, 3.05) is 14.2 Å². The molecule has 0 radical (unpaired) electrons. The summed E-state index contributed by atoms with van der Waals surface area (Å²) < 4.78 is 16.0. The lowest BCUT2D eigenvalue weighted by molar-refractivity contribution is 0.127. The Morgan fingerprint density at radius 2 is 1.83 bits per heavy atom. The standard InChI is InChI=1S/C19H27NO4/c1-12-9-18(22-4)19(23-5)11-15(12)14(3)20-13(2)10-16(21)17-7-6-8-24-17/h6-9,11,13-14,16,20-21H,10H2,1-5H3. The van der Waals surface area contributed by atoms with Crippen molar-refractivity contribution < 1.29 is 19.0 Å². The van der Waals surface area contributed by atoms with Crippen molar-refractivity contribution in [3.8, 4) is 11.5 Å². The zero-order valence-electron chi connectivity index (χ0n) is 15.0. The van der Waals surface area contributed by atoms with Crippen LogP contribution in [0.5, 0.6) is 11.5 Å². The maximum Gasteiger partial charge on any atom is 0.161 e. The van der Waals surface area contributed by atoms with E-state index in [-0.39, 0.29) is 12.1 Å². The van der Waals surface area contributed by atoms with Crippen molar-refractivity contribution in [1.82, 2.24) is 5.32 Å². The number of aliphatic hydroxyl groups is 1. The first-order valence-corrected chi connectivity index (χ1v) is 8.16. The Morgan fingerprint density at radius 3 is 2.42 bits per heavy atom. The van der Waals surface area contributed by atoms with Gasteiger partial charge in [0.05, 0.1) is 20.5 Å². The van der Waals surface area contributed by atoms with Crippen molar-refractivity contribution in [3.05, 3.63) is 47.4 Å². The minimum atomic E-state index is -0.610. The van der Waals surface area contributed by atoms with Gasteiger partial charge in [0.1, 0.15) is 11.9 Å². The molecule has 0 amide bonds. The molecule has 132 valence electrons. The van der Waals surface area contributed by atoms with Crippen molar-refractivity contribution in [2.45, 2.75) is 45.4 Å². The van der Waals surface area contributed by atoms with E-state index >= 15 is 0 Å². The summed E-state index contributed by atoms with van der Waals surface area (Å²) in [6, 6.07) is 7.79. The number of benzene rings is 1. The normalized spacial score (nSPS) is 14.9. The molecular weight excluding hydrogens is 306 g/mol. The number of methoxy groups -OCH3 is 2. The van der Waals surface area contributed by atoms with E-state index in [1.54, 1.807) is 32.6 Å². The summed E-state index contributed by atoms with van der Waals surface area (Å²) in [5.41, 5.74) is 2.28. The van der Waals surface area contributed by atoms with Crippen LogP contribution in [-0.2, 0) is 0 Å². The molecule has 0 aliphatic heterocycles. The molecule has 3 atom stereocenters. The highest BCUT2D eigenvalue weighted by atomic mass is 16.5. The highest BCUT2D eigenvalue weighted by Crippen LogP contribution is 2.33. The van der Waals surface area contributed by atoms with Gasteiger partial charge in [-0.25, -0.2) is 0 Å². The molecule has 1 aromatic carbocycles. The number of ether oxygens (including phenoxy) is 2. The molecule has 1 aromatic heterocycles. The van der Waals surface area contributed by atoms with Gasteiger partial charge in [0.2, 0.25) is 0 Å². The summed E-state index contributed by atoms with van der Waals surface area (Å²) in [7, 11) is 3.27. The SMILES string of the molecule is COc1cc(C)c(C(C)NC(C)CC(O)c2ccco2)cc1OC. The number of rotatable bonds is 8. The molecule has 5 nitrogen and oxygen atoms in total. The summed E-state index contributed by atoms with van der Waals surface area (Å²) in [4.78, 5) is 0. The molecule has 2 N–H and O–H groups in total. The van der Waals surface area contributed by atoms with Crippen LogP contribution < -0.4 is 14.8 Å². The van der Waals surface area contributed by atoms with Crippen LogP contribution in [0.3, 0.4) is 0 Å². The van der Waals surface area contributed by atoms with Crippen molar-refractivity contribution >= 4 is 0 Å². The number of aryl methyl sites for hydroxylation is 1. The van der Waals surface area contributed by atoms with E-state index in [0.717, 1.165) is 22.6 Å². The molecule has 1 heterocycles. The van der Waals surface area contributed by atoms with E-state index < -0.39 is 6.10 Å². The minimum Gasteiger partial charge on any atom is -0.493 e. The fourth-order valence-corrected chi connectivity index (χ4v) is 2.98. The molecule has 0 saturated carbocycles. The first-order valence-electron chi connectivity index (χ1n) is 8.16. The van der Waals surface area contributed by atoms with Gasteiger partial charge >= 0.3 is 0 Å². The molecule has 2 rings (SSSR count). The predicted octanol–water partition coefficient (Wildman–Crippen LogP) is 3.77. The summed E-state index contributed by atoms with van der Waals surface area (Å²) in [6.45, 7) is 6.21. The minimum absolute atomic E-state index is 0.114. The number of aliphatic hydroxyl groups excluding tert-OH is 1. The lowest BCUT2D eigenvalue weighted by Gasteiger charge is -2.24. The lowest BCUT2D eigenvalue weighted by atomic mass is 9.99. The van der Waals surface area contributed by atoms with Crippen LogP contribution in [0.25, 0.3) is 0 Å². The molecule has 2 aromatic rings. The van der Waals surface area contributed by atoms with Crippen LogP contribution in [0.4, 0.5) is 0 Å². The molecule has 0 spiro atoms. The fraction of sp³-hybridized carbons (Fsp3) is 0.474. The van der Waals surface area contributed by atoms with E-state index in [0.29, 0.717) is 12.2 Å². The topological polar surface area (TPSA) is 63.9 Å². The van der Waals surface area contributed by atoms with Gasteiger partial charge in [-0.15, -0.1) is 0 Å². The quantitative estimate of drug-likeness (QED) is 0.770. The van der Waals surface area contributed by atoms with E-state index in [2.05, 4.69) is 26.1 Å². The fourth-order valence-electron chi connectivity index (χ4n) is 2.98. The molecule has 3 unspecified atom stereocenters. The van der Waals surface area contributed by atoms with Gasteiger partial charge < -0.3 is 24.3 Å². The average molecular weight is 333 g/mol. The second-order valence-electron chi connectivity index (χ2n) is 6.12. The molecule has 24 heavy (non-hydrogen) atoms. The number of hydrogen-bond acceptors (Lipinski definition) is 5. The third-order valence-corrected chi connectivity index (χ3v) is 4.22. The lowest BCUT2D eigenvalue weighted by Crippen LogP contribution is -2.30. The van der Waals surface area contributed by atoms with E-state index in [1.807, 2.05) is 12.1 Å². The molecule has 0 bridgehead atoms. The summed E-state index contributed by atoms with van der Waals surface area (Å²) >= 11 is 0. The smallest absolute Gasteiger partial charge is 0.161 e. The monoisotopic (exact) mass is 333 g/mol. The number of furan rings is 1. The van der Waals surface area contributed by atoms with E-state index in [1.165, 1.54) is 0 Å². The van der Waals surface area contributed by atoms with Crippen LogP contribution >= 0.6 is 0 Å². The van der Waals surface area contributed by atoms with Gasteiger partial charge in [-0.05, 0) is 62.6 Å². The maximum absolute atomic E-state index is 10.2. The zero-order valence-corrected chi connectivity index (χ0v) is 15.0. The van der Waals surface area contributed by atoms with E-state index in [9.17, 15) is 5.11 Å². The van der Waals surface area contributed by atoms with E-state index in [4.69, 9.17) is 13.9 Å². The van der Waals surface area contributed by atoms with Gasteiger partial charge in [-0.3, -0.25) is 0 Å². The molecule has 0 saturated heterocycles. The highest BCUT2D eigenvalue weighted by Gasteiger charge is 2.19. The molecule has 0 aliphatic carbocycles. The Kier molecular flexibility index (Phi) is 6.29. The van der Waals surface area contributed by atoms with Gasteiger partial charge in [-0.2, -0.15) is 0 Å². The van der Waals surface area contributed by atoms with Crippen LogP contribution in [0.2, 0.25) is 0 Å². The maximum atomic E-state index is 10.2. The number of hydrogen-bond donors (Lipinski definition) is 2. The van der Waals surface area contributed by atoms with Gasteiger partial charge in [0.15, 0.2) is 11.5 Å². The molecule has 0 fully saturated rings. The third kappa shape index (κ3) is 4.30. The van der Waals surface area contributed by atoms with Crippen molar-refractivity contribution in [2.24, 2.45) is 0 Å². The first kappa shape index (κ1) is 18.4. The Hall–Kier alpha value is -1.98. The summed E-state index contributed by atoms with van der Waals surface area (Å²) in [5, 5.41) is 13.7. The second-order valence-corrected chi connectivity index (χ2v) is 6.12. The zero-order chi connectivity index (χ0) is 17.7. The molecule has 5 heteroatoms. The largest absolute Gasteiger partial charge is 0.493 e. The second kappa shape index (κ2) is 8.22. The number of nitrogens with one attached hydrogen (secondary N) is 1. The van der Waals surface area contributed by atoms with Crippen LogP contribution in [0, 0.1) is 6.92 Å². The average Bonchev–Trinajstić information content (AvgIpc) is 3.08. The van der Waals surface area contributed by atoms with Crippen molar-refractivity contribution in [3.63, 3.8) is 0 Å². The summed E-state index contributed by atoms with van der Waals surface area (Å²) in [6.07, 6.45) is 1.54. The van der Waals surface area contributed by atoms with Crippen molar-refractivity contribution in [1.29, 1.82) is 0 Å². The van der Waals surface area contributed by atoms with Gasteiger partial charge in [0.25, 0.3) is 0 Å². The van der Waals surface area contributed by atoms with Crippen LogP contribution in [0.15, 0.2) is 34.9 Å². The Labute approximate surface area is 143 Å². The third-order valence-electron chi connectivity index (χ3n) is 4.22. The Morgan fingerprint density at radius 1 is 1.17 bits per heavy atom. The highest BCUT2D eigenvalue weighted by molar-refractivity contribution is 5.48. The van der Waals surface area contributed by atoms with Crippen LogP contribution in [-0.4, -0.2) is 25.4 Å².